The van der Waals surface area contributed by atoms with Gasteiger partial charge in [-0.3, -0.25) is 28.8 Å². The van der Waals surface area contributed by atoms with E-state index in [-0.39, 0.29) is 97.5 Å². The van der Waals surface area contributed by atoms with Crippen LogP contribution >= 0.6 is 0 Å². The summed E-state index contributed by atoms with van der Waals surface area (Å²) in [6.45, 7) is 30.1. The van der Waals surface area contributed by atoms with Gasteiger partial charge < -0.3 is 37.9 Å². The van der Waals surface area contributed by atoms with E-state index in [2.05, 4.69) is 6.92 Å². The Morgan fingerprint density at radius 1 is 0.325 bits per heavy atom. The summed E-state index contributed by atoms with van der Waals surface area (Å²) in [5, 5.41) is 0. The first kappa shape index (κ1) is 73.8. The zero-order valence-corrected chi connectivity index (χ0v) is 53.2. The summed E-state index contributed by atoms with van der Waals surface area (Å²) in [5.41, 5.74) is -3.37. The second-order valence-electron chi connectivity index (χ2n) is 26.0. The Kier molecular flexibility index (Phi) is 32.3. The molecule has 16 nitrogen and oxygen atoms in total. The fraction of sp³-hybridized carbons (Fsp3) is 0.875. The van der Waals surface area contributed by atoms with Crippen molar-refractivity contribution in [3.63, 3.8) is 0 Å². The first-order valence-electron chi connectivity index (χ1n) is 30.8. The molecule has 16 heteroatoms. The van der Waals surface area contributed by atoms with E-state index in [9.17, 15) is 38.4 Å². The Hall–Kier alpha value is -4.24. The van der Waals surface area contributed by atoms with Crippen molar-refractivity contribution in [2.75, 3.05) is 26.4 Å². The van der Waals surface area contributed by atoms with Gasteiger partial charge in [-0.1, -0.05) is 67.2 Å². The van der Waals surface area contributed by atoms with Crippen molar-refractivity contribution >= 4 is 47.8 Å². The minimum absolute atomic E-state index is 0.108. The smallest absolute Gasteiger partial charge is 0.344 e. The standard InChI is InChI=1S/C17H30O4.2C16H28O4.C15H26O4/c1-5-16(3,4)15(19)20-13-10-14(18)21-17(6-2)11-8-7-9-12-17;1-5-15(2,3)14(18)19-12-9-13(17)20-16(4)10-7-6-8-11-16;1-5-15(3,4)14(18)19-12-13(17)20-16(6-2)10-8-7-9-11-16;1-5-14(2,3)13(17)18-11-12(16)19-15(4)9-7-6-8-10-15/h5-13H2,1-4H3;2*5-12H2,1-4H3;5-11H2,1-4H3. The van der Waals surface area contributed by atoms with Crippen LogP contribution in [0.15, 0.2) is 0 Å². The fourth-order valence-corrected chi connectivity index (χ4v) is 9.51. The van der Waals surface area contributed by atoms with E-state index in [0.717, 1.165) is 122 Å². The number of hydrogen-bond donors (Lipinski definition) is 0. The Balaban J connectivity index is 0.000000534. The van der Waals surface area contributed by atoms with Crippen LogP contribution in [0.1, 0.15) is 291 Å². The van der Waals surface area contributed by atoms with Gasteiger partial charge in [0, 0.05) is 0 Å². The van der Waals surface area contributed by atoms with Crippen molar-refractivity contribution < 1.29 is 76.3 Å². The molecule has 4 saturated carbocycles. The lowest BCUT2D eigenvalue weighted by molar-refractivity contribution is -0.176. The monoisotopic (exact) mass is 1140 g/mol. The van der Waals surface area contributed by atoms with Crippen molar-refractivity contribution in [3.8, 4) is 0 Å². The van der Waals surface area contributed by atoms with Crippen LogP contribution in [0.4, 0.5) is 0 Å². The van der Waals surface area contributed by atoms with E-state index in [4.69, 9.17) is 37.9 Å². The largest absolute Gasteiger partial charge is 0.465 e. The highest BCUT2D eigenvalue weighted by atomic mass is 16.6. The molecule has 0 radical (unpaired) electrons. The normalized spacial score (nSPS) is 18.4. The SMILES string of the molecule is CCC(C)(C)C(=O)OCC(=O)OC1(C)CCCCC1.CCC(C)(C)C(=O)OCCC(=O)OC1(C)CCCCC1.CCC1(OC(=O)CCOC(=O)C(C)(C)CC)CCCCC1.CCC1(OC(=O)COC(=O)C(C)(C)CC)CCCCC1. The van der Waals surface area contributed by atoms with Gasteiger partial charge in [0.25, 0.3) is 0 Å². The third-order valence-electron chi connectivity index (χ3n) is 17.5. The second kappa shape index (κ2) is 35.0. The lowest BCUT2D eigenvalue weighted by Crippen LogP contribution is -2.38. The first-order valence-corrected chi connectivity index (χ1v) is 30.8. The molecule has 0 saturated heterocycles. The van der Waals surface area contributed by atoms with Crippen LogP contribution in [0, 0.1) is 21.7 Å². The molecule has 80 heavy (non-hydrogen) atoms. The summed E-state index contributed by atoms with van der Waals surface area (Å²) in [6, 6.07) is 0. The van der Waals surface area contributed by atoms with Crippen LogP contribution in [0.5, 0.6) is 0 Å². The van der Waals surface area contributed by atoms with E-state index >= 15 is 0 Å². The highest BCUT2D eigenvalue weighted by Crippen LogP contribution is 2.37. The Morgan fingerprint density at radius 2 is 0.562 bits per heavy atom. The number of esters is 8. The average molecular weight is 1140 g/mol. The van der Waals surface area contributed by atoms with E-state index in [1.54, 1.807) is 0 Å². The van der Waals surface area contributed by atoms with E-state index in [0.29, 0.717) is 19.3 Å². The summed E-state index contributed by atoms with van der Waals surface area (Å²) in [7, 11) is 0. The molecule has 0 aromatic heterocycles. The van der Waals surface area contributed by atoms with Crippen molar-refractivity contribution in [2.45, 2.75) is 313 Å². The summed E-state index contributed by atoms with van der Waals surface area (Å²) in [4.78, 5) is 94.5. The number of carbonyl (C=O) groups is 8. The molecule has 0 aromatic carbocycles. The summed E-state index contributed by atoms with van der Waals surface area (Å²) in [6.07, 6.45) is 25.9. The molecule has 0 unspecified atom stereocenters. The minimum Gasteiger partial charge on any atom is -0.465 e. The summed E-state index contributed by atoms with van der Waals surface area (Å²) in [5.74, 6) is -2.57. The number of carbonyl (C=O) groups excluding carboxylic acids is 8. The predicted molar refractivity (Wildman–Crippen MR) is 309 cm³/mol. The van der Waals surface area contributed by atoms with Crippen LogP contribution in [0.3, 0.4) is 0 Å². The lowest BCUT2D eigenvalue weighted by Gasteiger charge is -2.36. The van der Waals surface area contributed by atoms with Crippen LogP contribution in [0.2, 0.25) is 0 Å². The molecule has 0 atom stereocenters. The molecular weight excluding hydrogens is 1020 g/mol. The molecule has 0 amide bonds. The zero-order valence-electron chi connectivity index (χ0n) is 53.2. The van der Waals surface area contributed by atoms with Crippen LogP contribution < -0.4 is 0 Å². The molecule has 4 aliphatic rings. The zero-order chi connectivity index (χ0) is 60.9. The topological polar surface area (TPSA) is 210 Å². The highest BCUT2D eigenvalue weighted by Gasteiger charge is 2.38. The van der Waals surface area contributed by atoms with Crippen molar-refractivity contribution in [1.82, 2.24) is 0 Å². The van der Waals surface area contributed by atoms with E-state index in [1.165, 1.54) is 25.7 Å². The Bertz CT molecular complexity index is 1910. The van der Waals surface area contributed by atoms with Crippen molar-refractivity contribution in [1.29, 1.82) is 0 Å². The van der Waals surface area contributed by atoms with Gasteiger partial charge in [0.2, 0.25) is 0 Å². The van der Waals surface area contributed by atoms with Gasteiger partial charge in [-0.15, -0.1) is 0 Å². The molecule has 4 fully saturated rings. The third kappa shape index (κ3) is 27.2. The van der Waals surface area contributed by atoms with Crippen LogP contribution in [-0.4, -0.2) is 96.6 Å². The molecule has 0 aromatic rings. The van der Waals surface area contributed by atoms with Gasteiger partial charge in [-0.2, -0.15) is 0 Å². The molecule has 4 rings (SSSR count). The molecule has 0 spiro atoms. The van der Waals surface area contributed by atoms with Gasteiger partial charge in [0.1, 0.15) is 35.6 Å². The third-order valence-corrected chi connectivity index (χ3v) is 17.5. The number of ether oxygens (including phenoxy) is 8. The van der Waals surface area contributed by atoms with Gasteiger partial charge in [0.05, 0.1) is 34.5 Å². The maximum absolute atomic E-state index is 12.0. The molecule has 0 N–H and O–H groups in total. The predicted octanol–water partition coefficient (Wildman–Crippen LogP) is 14.5. The average Bonchev–Trinajstić information content (AvgIpc) is 3.42. The molecular formula is C64H112O16. The van der Waals surface area contributed by atoms with Gasteiger partial charge >= 0.3 is 47.8 Å². The van der Waals surface area contributed by atoms with E-state index in [1.807, 2.05) is 104 Å². The van der Waals surface area contributed by atoms with Gasteiger partial charge in [-0.25, -0.2) is 9.59 Å². The second-order valence-corrected chi connectivity index (χ2v) is 26.0. The summed E-state index contributed by atoms with van der Waals surface area (Å²) >= 11 is 0. The van der Waals surface area contributed by atoms with Crippen molar-refractivity contribution in [2.24, 2.45) is 21.7 Å². The molecule has 0 heterocycles. The lowest BCUT2D eigenvalue weighted by atomic mass is 9.83. The van der Waals surface area contributed by atoms with Gasteiger partial charge in [-0.05, 0) is 210 Å². The minimum atomic E-state index is -0.548. The highest BCUT2D eigenvalue weighted by molar-refractivity contribution is 5.81. The quantitative estimate of drug-likeness (QED) is 0.0650. The maximum atomic E-state index is 12.0. The Labute approximate surface area is 483 Å². The van der Waals surface area contributed by atoms with Gasteiger partial charge in [0.15, 0.2) is 13.2 Å². The number of rotatable bonds is 24. The van der Waals surface area contributed by atoms with E-state index < -0.39 is 33.6 Å². The molecule has 0 aliphatic heterocycles. The van der Waals surface area contributed by atoms with Crippen LogP contribution in [0.25, 0.3) is 0 Å². The summed E-state index contributed by atoms with van der Waals surface area (Å²) < 4.78 is 42.7. The first-order chi connectivity index (χ1) is 37.3. The van der Waals surface area contributed by atoms with Crippen molar-refractivity contribution in [3.05, 3.63) is 0 Å². The Morgan fingerprint density at radius 3 is 0.850 bits per heavy atom. The maximum Gasteiger partial charge on any atom is 0.344 e. The number of hydrogen-bond acceptors (Lipinski definition) is 16. The molecule has 464 valence electrons. The fourth-order valence-electron chi connectivity index (χ4n) is 9.51. The van der Waals surface area contributed by atoms with Crippen LogP contribution in [-0.2, 0) is 76.3 Å². The molecule has 0 bridgehead atoms. The molecule has 4 aliphatic carbocycles.